The standard InChI is InChI=1S/C26H48N2O2Si2.C18H30N2O8P2.C16H25N2O5P.C14H20N2O2.C2H6ClO3P.4CH4/c1-25(2,3)31(7,8)29-19-15-21(16-20-30-32(9,10)26(4,5)6)24(22-13-11-17-27-22)23-14-12-18-28-23;1-23-29(21,24-2)27-13-9-15(10-14-28-30(22,25-3)26-4)18(16-7-5-11-19-16)17-8-6-12-20-17;1-21-24(20,22-2)23-12-8-13(7-11-19)16(14-5-3-9-17-14)15-6-4-10-18-15;17-9-5-11(6-10-18)14(12-3-1-7-15-12)13-4-2-8-16-13;1-5-7(3,4)6-2;;;;/h11-14,17-18,21,24,27-28H,15-16,19-20H2,1-10H3;5-8,11-12,15,18-20H,9-10,13-14H2,1-4H3;3-6,9-10,13,16-19H,7-8,11-12H2,1-2H3;1-4,7-8,11,14-18H,5-6,9-10H2;1-2H3;4*1H4. The van der Waals surface area contributed by atoms with Crippen LogP contribution in [-0.2, 0) is 76.9 Å². The van der Waals surface area contributed by atoms with E-state index >= 15 is 0 Å². The molecule has 0 spiro atoms. The van der Waals surface area contributed by atoms with E-state index in [1.165, 1.54) is 68.3 Å². The summed E-state index contributed by atoms with van der Waals surface area (Å²) in [5.74, 6) is 1.15. The van der Waals surface area contributed by atoms with Crippen molar-refractivity contribution in [2.75, 3.05) is 110 Å². The molecule has 115 heavy (non-hydrogen) atoms. The van der Waals surface area contributed by atoms with Crippen LogP contribution in [0.4, 0.5) is 0 Å². The van der Waals surface area contributed by atoms with Crippen LogP contribution in [0.2, 0.25) is 36.3 Å². The zero-order chi connectivity index (χ0) is 82.4. The van der Waals surface area contributed by atoms with Crippen molar-refractivity contribution in [2.24, 2.45) is 23.7 Å². The Morgan fingerprint density at radius 3 is 0.635 bits per heavy atom. The zero-order valence-corrected chi connectivity index (χ0v) is 74.6. The third-order valence-electron chi connectivity index (χ3n) is 20.5. The van der Waals surface area contributed by atoms with Gasteiger partial charge in [-0.2, -0.15) is 0 Å². The summed E-state index contributed by atoms with van der Waals surface area (Å²) in [5, 5.41) is 28.3. The monoisotopic (exact) mass is 1750 g/mol. The number of nitrogens with one attached hydrogen (secondary N) is 8. The summed E-state index contributed by atoms with van der Waals surface area (Å²) < 4.78 is 113. The largest absolute Gasteiger partial charge is 0.474 e. The van der Waals surface area contributed by atoms with E-state index in [0.717, 1.165) is 60.2 Å². The second-order valence-electron chi connectivity index (χ2n) is 29.4. The highest BCUT2D eigenvalue weighted by Crippen LogP contribution is 2.53. The van der Waals surface area contributed by atoms with Crippen molar-refractivity contribution < 1.29 is 92.2 Å². The number of rotatable bonds is 46. The molecule has 0 fully saturated rings. The van der Waals surface area contributed by atoms with Crippen LogP contribution in [0.5, 0.6) is 0 Å². The lowest BCUT2D eigenvalue weighted by atomic mass is 9.82. The molecule has 0 aliphatic rings. The fourth-order valence-electron chi connectivity index (χ4n) is 12.3. The van der Waals surface area contributed by atoms with Gasteiger partial charge < -0.3 is 73.1 Å². The Labute approximate surface area is 694 Å². The fraction of sp³-hybridized carbons (Fsp3) is 0.600. The summed E-state index contributed by atoms with van der Waals surface area (Å²) in [7, 11) is -4.09. The van der Waals surface area contributed by atoms with Crippen LogP contribution in [0.25, 0.3) is 0 Å². The highest BCUT2D eigenvalue weighted by atomic mass is 35.7. The SMILES string of the molecule is C.C.C.C.CC(C)(C)[Si](C)(C)OCCC(CCO[Si](C)(C)C(C)(C)C)C(c1ccc[nH]1)c1ccc[nH]1.COP(=O)(Cl)OC.COP(=O)(OC)OCCC(CCO)C(c1ccc[nH]1)c1ccc[nH]1.COP(=O)(OC)OCCC(CCOP(=O)(OC)OC)C(c1ccc[nH]1)c1ccc[nH]1.OCCC(CCO)C(c1ccc[nH]1)c1ccc[nH]1. The number of H-pyrrole nitrogens is 8. The van der Waals surface area contributed by atoms with Crippen LogP contribution >= 0.6 is 41.7 Å². The third kappa shape index (κ3) is 36.6. The Morgan fingerprint density at radius 2 is 0.496 bits per heavy atom. The van der Waals surface area contributed by atoms with Gasteiger partial charge in [-0.1, -0.05) is 71.2 Å². The van der Waals surface area contributed by atoms with Crippen molar-refractivity contribution in [2.45, 2.75) is 183 Å². The second-order valence-corrected chi connectivity index (χ2v) is 47.5. The quantitative estimate of drug-likeness (QED) is 0.0125. The molecule has 0 radical (unpaired) electrons. The van der Waals surface area contributed by atoms with Crippen molar-refractivity contribution in [1.82, 2.24) is 39.9 Å². The van der Waals surface area contributed by atoms with Gasteiger partial charge in [0, 0.05) is 220 Å². The smallest absolute Gasteiger partial charge is 0.417 e. The van der Waals surface area contributed by atoms with Gasteiger partial charge in [0.2, 0.25) is 0 Å². The van der Waals surface area contributed by atoms with E-state index in [2.05, 4.69) is 141 Å². The number of aromatic amines is 8. The third-order valence-corrected chi connectivity index (χ3v) is 35.5. The Hall–Kier alpha value is -4.76. The molecule has 1 unspecified atom stereocenters. The highest BCUT2D eigenvalue weighted by Gasteiger charge is 2.40. The Bertz CT molecular complexity index is 3570. The lowest BCUT2D eigenvalue weighted by molar-refractivity contribution is 0.127. The molecule has 8 aromatic heterocycles. The minimum Gasteiger partial charge on any atom is -0.417 e. The normalized spacial score (nSPS) is 12.6. The molecule has 8 heterocycles. The van der Waals surface area contributed by atoms with Gasteiger partial charge >= 0.3 is 30.4 Å². The number of phosphoric ester groups is 3. The highest BCUT2D eigenvalue weighted by molar-refractivity contribution is 7.81. The molecule has 0 saturated carbocycles. The number of aromatic nitrogens is 8. The van der Waals surface area contributed by atoms with Crippen molar-refractivity contribution in [3.8, 4) is 0 Å². The van der Waals surface area contributed by atoms with Crippen LogP contribution in [0.15, 0.2) is 147 Å². The van der Waals surface area contributed by atoms with Crippen molar-refractivity contribution >= 4 is 58.3 Å². The zero-order valence-electron chi connectivity index (χ0n) is 68.2. The predicted molar refractivity (Wildman–Crippen MR) is 469 cm³/mol. The maximum Gasteiger partial charge on any atom is 0.474 e. The van der Waals surface area contributed by atoms with E-state index in [1.54, 1.807) is 0 Å². The molecule has 1 atom stereocenters. The van der Waals surface area contributed by atoms with Crippen LogP contribution < -0.4 is 0 Å². The van der Waals surface area contributed by atoms with Gasteiger partial charge in [0.25, 0.3) is 0 Å². The average Bonchev–Trinajstić information content (AvgIpc) is 1.78. The molecule has 8 rings (SSSR count). The summed E-state index contributed by atoms with van der Waals surface area (Å²) in [6.07, 6.45) is 20.9. The van der Waals surface area contributed by atoms with Gasteiger partial charge in [0.15, 0.2) is 16.6 Å². The van der Waals surface area contributed by atoms with Crippen LogP contribution in [0, 0.1) is 23.7 Å². The van der Waals surface area contributed by atoms with E-state index in [4.69, 9.17) is 60.8 Å². The van der Waals surface area contributed by atoms with Crippen molar-refractivity contribution in [3.05, 3.63) is 192 Å². The van der Waals surface area contributed by atoms with Gasteiger partial charge in [0.05, 0.1) is 19.8 Å². The molecule has 28 nitrogen and oxygen atoms in total. The van der Waals surface area contributed by atoms with Gasteiger partial charge in [-0.05, 0) is 208 Å². The second kappa shape index (κ2) is 55.2. The summed E-state index contributed by atoms with van der Waals surface area (Å²) in [5.41, 5.74) is 8.84. The van der Waals surface area contributed by atoms with E-state index in [9.17, 15) is 33.6 Å². The van der Waals surface area contributed by atoms with Crippen LogP contribution in [0.3, 0.4) is 0 Å². The number of aliphatic hydroxyl groups is 3. The molecular weight excluding hydrogens is 1610 g/mol. The molecule has 0 aromatic carbocycles. The minimum absolute atomic E-state index is 0. The molecule has 11 N–H and O–H groups in total. The molecular formula is C80H145ClN8O20P4Si2. The first-order valence-corrected chi connectivity index (χ1v) is 50.0. The maximum atomic E-state index is 12.2. The Balaban J connectivity index is 0.00000147. The molecule has 0 bridgehead atoms. The number of hydrogen-bond donors (Lipinski definition) is 11. The number of halogens is 1. The molecule has 0 aliphatic heterocycles. The summed E-state index contributed by atoms with van der Waals surface area (Å²) in [4.78, 5) is 26.4. The minimum atomic E-state index is -3.58. The Kier molecular flexibility index (Phi) is 52.9. The average molecular weight is 1750 g/mol. The van der Waals surface area contributed by atoms with E-state index in [-0.39, 0.29) is 121 Å². The fourth-order valence-corrected chi connectivity index (χ4v) is 16.7. The van der Waals surface area contributed by atoms with Gasteiger partial charge in [-0.3, -0.25) is 40.7 Å². The topological polar surface area (TPSA) is 375 Å². The summed E-state index contributed by atoms with van der Waals surface area (Å²) >= 11 is 5.02. The molecule has 35 heteroatoms. The first kappa shape index (κ1) is 110. The molecule has 8 aromatic rings. The maximum absolute atomic E-state index is 12.2. The number of hydrogen-bond acceptors (Lipinski definition) is 20. The van der Waals surface area contributed by atoms with Crippen molar-refractivity contribution in [3.63, 3.8) is 0 Å². The van der Waals surface area contributed by atoms with E-state index in [0.29, 0.717) is 44.4 Å². The summed E-state index contributed by atoms with van der Waals surface area (Å²) in [6, 6.07) is 32.4. The molecule has 660 valence electrons. The lowest BCUT2D eigenvalue weighted by Gasteiger charge is -2.38. The van der Waals surface area contributed by atoms with Gasteiger partial charge in [-0.25, -0.2) is 18.3 Å². The first-order chi connectivity index (χ1) is 52.7. The Morgan fingerprint density at radius 1 is 0.322 bits per heavy atom. The number of phosphoric acid groups is 3. The molecule has 0 aliphatic carbocycles. The molecule has 0 saturated heterocycles. The first-order valence-electron chi connectivity index (χ1n) is 37.3. The predicted octanol–water partition coefficient (Wildman–Crippen LogP) is 21.9. The van der Waals surface area contributed by atoms with Crippen molar-refractivity contribution in [1.29, 1.82) is 0 Å². The van der Waals surface area contributed by atoms with Crippen LogP contribution in [-0.4, -0.2) is 182 Å². The molecule has 0 amide bonds. The van der Waals surface area contributed by atoms with Gasteiger partial charge in [-0.15, -0.1) is 0 Å². The van der Waals surface area contributed by atoms with E-state index < -0.39 is 47.1 Å². The van der Waals surface area contributed by atoms with Gasteiger partial charge in [0.1, 0.15) is 0 Å². The number of aliphatic hydroxyl groups excluding tert-OH is 3. The van der Waals surface area contributed by atoms with E-state index in [1.807, 2.05) is 122 Å². The van der Waals surface area contributed by atoms with Crippen LogP contribution in [0.1, 0.15) is 192 Å². The summed E-state index contributed by atoms with van der Waals surface area (Å²) in [6.45, 7) is 22.5. The lowest BCUT2D eigenvalue weighted by Crippen LogP contribution is -2.42.